The van der Waals surface area contributed by atoms with E-state index in [4.69, 9.17) is 0 Å². The van der Waals surface area contributed by atoms with Crippen LogP contribution in [0.2, 0.25) is 0 Å². The second kappa shape index (κ2) is 11.5. The van der Waals surface area contributed by atoms with Crippen molar-refractivity contribution < 1.29 is 39.6 Å². The van der Waals surface area contributed by atoms with Gasteiger partial charge < -0.3 is 0 Å². The molecule has 2 aromatic rings. The molecule has 1 aromatic heterocycles. The summed E-state index contributed by atoms with van der Waals surface area (Å²) in [5.74, 6) is -2.06. The predicted octanol–water partition coefficient (Wildman–Crippen LogP) is 4.79. The van der Waals surface area contributed by atoms with Crippen LogP contribution in [0.1, 0.15) is 49.8 Å². The molecule has 3 atom stereocenters. The summed E-state index contributed by atoms with van der Waals surface area (Å²) in [6.07, 6.45) is -4.72. The number of nitrogens with zero attached hydrogens (tertiary/aromatic N) is 3. The Morgan fingerprint density at radius 2 is 1.74 bits per heavy atom. The van der Waals surface area contributed by atoms with E-state index in [2.05, 4.69) is 4.98 Å². The quantitative estimate of drug-likeness (QED) is 0.422. The molecule has 0 radical (unpaired) electrons. The van der Waals surface area contributed by atoms with Crippen molar-refractivity contribution in [1.82, 2.24) is 14.2 Å². The molecule has 0 amide bonds. The summed E-state index contributed by atoms with van der Waals surface area (Å²) in [6, 6.07) is 3.09. The first kappa shape index (κ1) is 29.5. The average Bonchev–Trinajstić information content (AvgIpc) is 3.18. The minimum atomic E-state index is -4.31. The Kier molecular flexibility index (Phi) is 8.72. The summed E-state index contributed by atoms with van der Waals surface area (Å²) < 4.78 is 108. The fourth-order valence-corrected chi connectivity index (χ4v) is 7.16. The number of likely N-dealkylation sites (tertiary alicyclic amines) is 1. The van der Waals surface area contributed by atoms with Crippen LogP contribution in [-0.4, -0.2) is 72.5 Å². The molecular weight excluding hydrogens is 548 g/mol. The molecule has 0 bridgehead atoms. The number of Topliss-reactive ketones (excluding diaryl/α,β-unsaturated/α-hetero) is 1. The number of aromatic nitrogens is 1. The van der Waals surface area contributed by atoms with Crippen molar-refractivity contribution in [2.45, 2.75) is 74.3 Å². The number of ketones is 1. The van der Waals surface area contributed by atoms with E-state index < -0.39 is 58.4 Å². The highest BCUT2D eigenvalue weighted by Gasteiger charge is 2.48. The van der Waals surface area contributed by atoms with Crippen LogP contribution in [0.15, 0.2) is 41.4 Å². The molecule has 3 heterocycles. The smallest absolute Gasteiger partial charge is 0.298 e. The Hall–Kier alpha value is -2.51. The van der Waals surface area contributed by atoms with Gasteiger partial charge in [0.2, 0.25) is 10.0 Å². The lowest BCUT2D eigenvalue weighted by Crippen LogP contribution is -2.44. The van der Waals surface area contributed by atoms with Gasteiger partial charge in [0.15, 0.2) is 5.78 Å². The third-order valence-corrected chi connectivity index (χ3v) is 9.46. The van der Waals surface area contributed by atoms with Crippen LogP contribution in [0.4, 0.5) is 26.3 Å². The molecule has 4 rings (SSSR count). The molecule has 2 aliphatic heterocycles. The van der Waals surface area contributed by atoms with Crippen molar-refractivity contribution in [1.29, 1.82) is 0 Å². The van der Waals surface area contributed by atoms with Crippen LogP contribution in [0.5, 0.6) is 0 Å². The number of carbonyl (C=O) groups is 1. The lowest BCUT2D eigenvalue weighted by molar-refractivity contribution is -0.148. The maximum absolute atomic E-state index is 14.6. The van der Waals surface area contributed by atoms with Gasteiger partial charge in [-0.1, -0.05) is 0 Å². The van der Waals surface area contributed by atoms with Gasteiger partial charge in [-0.3, -0.25) is 14.7 Å². The van der Waals surface area contributed by atoms with Crippen LogP contribution >= 0.6 is 0 Å². The average molecular weight is 578 g/mol. The predicted molar refractivity (Wildman–Crippen MR) is 130 cm³/mol. The van der Waals surface area contributed by atoms with Gasteiger partial charge in [0, 0.05) is 24.5 Å². The maximum Gasteiger partial charge on any atom is 0.401 e. The van der Waals surface area contributed by atoms with E-state index in [1.807, 2.05) is 0 Å². The molecule has 214 valence electrons. The molecule has 0 spiro atoms. The first-order chi connectivity index (χ1) is 18.3. The molecule has 2 aliphatic rings. The van der Waals surface area contributed by atoms with Gasteiger partial charge in [-0.2, -0.15) is 17.5 Å². The third kappa shape index (κ3) is 6.80. The number of piperidine rings is 1. The number of carbonyl (C=O) groups excluding carboxylic acids is 1. The first-order valence-electron chi connectivity index (χ1n) is 12.7. The molecule has 0 unspecified atom stereocenters. The number of halogens is 6. The van der Waals surface area contributed by atoms with E-state index in [0.717, 1.165) is 34.8 Å². The van der Waals surface area contributed by atoms with Crippen molar-refractivity contribution in [3.8, 4) is 0 Å². The fraction of sp³-hybridized carbons (Fsp3) is 0.538. The molecule has 0 aliphatic carbocycles. The SMILES string of the molecule is C[C@H]1[C@H](F)C[C@@H](C(=O)CCc2cc(C3CCN(CC(F)(F)F)CC3)ncc2F)N1S(=O)(=O)c1ccc(F)cc1. The van der Waals surface area contributed by atoms with Crippen LogP contribution in [0, 0.1) is 11.6 Å². The molecule has 0 saturated carbocycles. The van der Waals surface area contributed by atoms with Crippen molar-refractivity contribution in [2.75, 3.05) is 19.6 Å². The molecule has 2 fully saturated rings. The monoisotopic (exact) mass is 577 g/mol. The highest BCUT2D eigenvalue weighted by molar-refractivity contribution is 7.89. The number of aryl methyl sites for hydroxylation is 1. The minimum absolute atomic E-state index is 0.0840. The third-order valence-electron chi connectivity index (χ3n) is 7.45. The maximum atomic E-state index is 14.6. The number of pyridine rings is 1. The van der Waals surface area contributed by atoms with E-state index in [1.165, 1.54) is 17.9 Å². The van der Waals surface area contributed by atoms with Crippen molar-refractivity contribution in [2.24, 2.45) is 0 Å². The summed E-state index contributed by atoms with van der Waals surface area (Å²) in [6.45, 7) is 0.810. The highest BCUT2D eigenvalue weighted by Crippen LogP contribution is 2.35. The molecule has 39 heavy (non-hydrogen) atoms. The summed E-state index contributed by atoms with van der Waals surface area (Å²) in [5, 5.41) is 0. The number of hydrogen-bond acceptors (Lipinski definition) is 5. The van der Waals surface area contributed by atoms with E-state index in [-0.39, 0.29) is 48.7 Å². The van der Waals surface area contributed by atoms with Crippen molar-refractivity contribution in [3.05, 3.63) is 59.4 Å². The van der Waals surface area contributed by atoms with Gasteiger partial charge in [-0.05, 0) is 75.2 Å². The van der Waals surface area contributed by atoms with Gasteiger partial charge in [-0.25, -0.2) is 21.6 Å². The molecule has 0 N–H and O–H groups in total. The number of alkyl halides is 4. The highest BCUT2D eigenvalue weighted by atomic mass is 32.2. The van der Waals surface area contributed by atoms with E-state index in [0.29, 0.717) is 18.5 Å². The van der Waals surface area contributed by atoms with Gasteiger partial charge in [0.25, 0.3) is 0 Å². The summed E-state index contributed by atoms with van der Waals surface area (Å²) in [4.78, 5) is 18.3. The summed E-state index contributed by atoms with van der Waals surface area (Å²) in [5.41, 5.74) is 0.686. The van der Waals surface area contributed by atoms with Gasteiger partial charge in [0.05, 0.1) is 29.7 Å². The Morgan fingerprint density at radius 3 is 2.36 bits per heavy atom. The van der Waals surface area contributed by atoms with Crippen molar-refractivity contribution in [3.63, 3.8) is 0 Å². The van der Waals surface area contributed by atoms with E-state index in [1.54, 1.807) is 0 Å². The van der Waals surface area contributed by atoms with Crippen LogP contribution in [-0.2, 0) is 21.2 Å². The van der Waals surface area contributed by atoms with Crippen molar-refractivity contribution >= 4 is 15.8 Å². The largest absolute Gasteiger partial charge is 0.401 e. The molecule has 1 aromatic carbocycles. The second-order valence-corrected chi connectivity index (χ2v) is 12.0. The van der Waals surface area contributed by atoms with Gasteiger partial charge in [-0.15, -0.1) is 0 Å². The van der Waals surface area contributed by atoms with Gasteiger partial charge in [0.1, 0.15) is 17.8 Å². The van der Waals surface area contributed by atoms with Gasteiger partial charge >= 0.3 is 6.18 Å². The number of sulfonamides is 1. The zero-order chi connectivity index (χ0) is 28.5. The van der Waals surface area contributed by atoms with Crippen LogP contribution in [0.25, 0.3) is 0 Å². The lowest BCUT2D eigenvalue weighted by atomic mass is 9.91. The lowest BCUT2D eigenvalue weighted by Gasteiger charge is -2.32. The van der Waals surface area contributed by atoms with E-state index >= 15 is 0 Å². The normalized spacial score (nSPS) is 23.8. The Labute approximate surface area is 223 Å². The zero-order valence-corrected chi connectivity index (χ0v) is 22.0. The first-order valence-corrected chi connectivity index (χ1v) is 14.1. The molecule has 13 heteroatoms. The summed E-state index contributed by atoms with van der Waals surface area (Å²) in [7, 11) is -4.31. The Balaban J connectivity index is 1.44. The number of benzene rings is 1. The number of hydrogen-bond donors (Lipinski definition) is 0. The topological polar surface area (TPSA) is 70.6 Å². The number of rotatable bonds is 8. The van der Waals surface area contributed by atoms with E-state index in [9.17, 15) is 39.6 Å². The van der Waals surface area contributed by atoms with Crippen LogP contribution in [0.3, 0.4) is 0 Å². The standard InChI is InChI=1S/C26H29F6N3O3S/c1-16-21(28)13-24(35(16)39(37,38)20-5-3-19(27)4-6-20)25(36)7-2-18-12-23(33-14-22(18)29)17-8-10-34(11-9-17)15-26(30,31)32/h3-6,12,14,16-17,21,24H,2,7-11,13,15H2,1H3/t16-,21+,24-/m0/s1. The molecule has 6 nitrogen and oxygen atoms in total. The van der Waals surface area contributed by atoms with Crippen LogP contribution < -0.4 is 0 Å². The Morgan fingerprint density at radius 1 is 1.10 bits per heavy atom. The molecular formula is C26H29F6N3O3S. The Bertz CT molecular complexity index is 1280. The summed E-state index contributed by atoms with van der Waals surface area (Å²) >= 11 is 0. The second-order valence-electron chi connectivity index (χ2n) is 10.1. The minimum Gasteiger partial charge on any atom is -0.298 e. The molecule has 2 saturated heterocycles. The zero-order valence-electron chi connectivity index (χ0n) is 21.2. The fourth-order valence-electron chi connectivity index (χ4n) is 5.32.